The van der Waals surface area contributed by atoms with E-state index in [1.165, 1.54) is 0 Å². The molecule has 2 aliphatic carbocycles. The minimum absolute atomic E-state index is 0.0103. The number of hydroxylamine groups is 1. The Bertz CT molecular complexity index is 469. The van der Waals surface area contributed by atoms with E-state index in [1.54, 1.807) is 0 Å². The number of carbonyl (C=O) groups excluding carboxylic acids is 2. The molecule has 0 aromatic heterocycles. The first kappa shape index (κ1) is 12.5. The lowest BCUT2D eigenvalue weighted by Crippen LogP contribution is -2.49. The van der Waals surface area contributed by atoms with Crippen molar-refractivity contribution in [3.05, 3.63) is 5.21 Å². The summed E-state index contributed by atoms with van der Waals surface area (Å²) in [6.45, 7) is 0. The van der Waals surface area contributed by atoms with Crippen molar-refractivity contribution in [1.29, 1.82) is 0 Å². The fourth-order valence-corrected chi connectivity index (χ4v) is 3.49. The van der Waals surface area contributed by atoms with Crippen LogP contribution in [0, 0.1) is 17.0 Å². The topological polar surface area (TPSA) is 72.6 Å². The SMILES string of the molecule is O=CC1CCC2=[N+]([O-])C3CC(C=O)CCC3=NC2C1. The molecule has 0 spiro atoms. The molecule has 1 aliphatic heterocycles. The summed E-state index contributed by atoms with van der Waals surface area (Å²) in [5.41, 5.74) is 1.76. The van der Waals surface area contributed by atoms with Gasteiger partial charge >= 0.3 is 0 Å². The van der Waals surface area contributed by atoms with E-state index in [9.17, 15) is 14.8 Å². The van der Waals surface area contributed by atoms with Crippen LogP contribution >= 0.6 is 0 Å². The summed E-state index contributed by atoms with van der Waals surface area (Å²) in [7, 11) is 0. The normalized spacial score (nSPS) is 38.0. The third kappa shape index (κ3) is 2.11. The van der Waals surface area contributed by atoms with Crippen molar-refractivity contribution in [2.24, 2.45) is 16.8 Å². The zero-order chi connectivity index (χ0) is 13.4. The maximum Gasteiger partial charge on any atom is 0.201 e. The number of fused-ring (bicyclic) bond motifs is 2. The van der Waals surface area contributed by atoms with Gasteiger partial charge in [-0.25, -0.2) is 4.74 Å². The Balaban J connectivity index is 1.86. The minimum atomic E-state index is -0.233. The van der Waals surface area contributed by atoms with Crippen LogP contribution < -0.4 is 0 Å². The van der Waals surface area contributed by atoms with Crippen molar-refractivity contribution in [3.8, 4) is 0 Å². The van der Waals surface area contributed by atoms with Gasteiger partial charge in [-0.15, -0.1) is 0 Å². The van der Waals surface area contributed by atoms with Gasteiger partial charge in [0.1, 0.15) is 18.6 Å². The minimum Gasteiger partial charge on any atom is -0.623 e. The van der Waals surface area contributed by atoms with Gasteiger partial charge in [-0.05, 0) is 25.7 Å². The third-order valence-electron chi connectivity index (χ3n) is 4.64. The van der Waals surface area contributed by atoms with E-state index in [0.29, 0.717) is 19.3 Å². The summed E-state index contributed by atoms with van der Waals surface area (Å²) in [6, 6.07) is -0.330. The molecule has 0 bridgehead atoms. The molecule has 2 saturated carbocycles. The van der Waals surface area contributed by atoms with Crippen LogP contribution in [0.15, 0.2) is 4.99 Å². The van der Waals surface area contributed by atoms with Crippen LogP contribution in [0.3, 0.4) is 0 Å². The standard InChI is InChI=1S/C14H18N2O3/c17-7-9-2-4-13-12(5-9)15-11-3-1-10(8-18)6-14(11)16(13)19/h7-10,12,14H,1-6H2. The lowest BCUT2D eigenvalue weighted by Gasteiger charge is -2.35. The van der Waals surface area contributed by atoms with Gasteiger partial charge in [0.25, 0.3) is 0 Å². The number of hydrogen-bond donors (Lipinski definition) is 0. The Morgan fingerprint density at radius 2 is 1.79 bits per heavy atom. The second kappa shape index (κ2) is 4.87. The molecule has 3 aliphatic rings. The average Bonchev–Trinajstić information content (AvgIpc) is 2.46. The predicted octanol–water partition coefficient (Wildman–Crippen LogP) is 1.13. The number of hydrogen-bond acceptors (Lipinski definition) is 4. The molecule has 5 heteroatoms. The molecule has 0 radical (unpaired) electrons. The highest BCUT2D eigenvalue weighted by Gasteiger charge is 2.42. The first-order chi connectivity index (χ1) is 9.22. The summed E-state index contributed by atoms with van der Waals surface area (Å²) >= 11 is 0. The number of aliphatic imine (C=N–C) groups is 1. The first-order valence-corrected chi connectivity index (χ1v) is 7.02. The van der Waals surface area contributed by atoms with Crippen molar-refractivity contribution < 1.29 is 14.3 Å². The molecule has 0 aromatic rings. The largest absolute Gasteiger partial charge is 0.623 e. The monoisotopic (exact) mass is 262 g/mol. The number of rotatable bonds is 2. The number of aldehydes is 2. The van der Waals surface area contributed by atoms with Crippen LogP contribution in [-0.2, 0) is 9.59 Å². The molecule has 4 unspecified atom stereocenters. The predicted molar refractivity (Wildman–Crippen MR) is 70.5 cm³/mol. The molecule has 0 amide bonds. The fraction of sp³-hybridized carbons (Fsp3) is 0.714. The summed E-state index contributed by atoms with van der Waals surface area (Å²) in [5.74, 6) is 0.0261. The van der Waals surface area contributed by atoms with E-state index >= 15 is 0 Å². The van der Waals surface area contributed by atoms with Gasteiger partial charge in [0.2, 0.25) is 6.04 Å². The van der Waals surface area contributed by atoms with Crippen LogP contribution in [0.2, 0.25) is 0 Å². The van der Waals surface area contributed by atoms with E-state index in [1.807, 2.05) is 0 Å². The van der Waals surface area contributed by atoms with Gasteiger partial charge < -0.3 is 14.8 Å². The van der Waals surface area contributed by atoms with Crippen LogP contribution in [0.1, 0.15) is 38.5 Å². The van der Waals surface area contributed by atoms with Crippen molar-refractivity contribution >= 4 is 24.0 Å². The Morgan fingerprint density at radius 3 is 2.53 bits per heavy atom. The molecular weight excluding hydrogens is 244 g/mol. The molecule has 5 nitrogen and oxygen atoms in total. The first-order valence-electron chi connectivity index (χ1n) is 7.02. The van der Waals surface area contributed by atoms with E-state index in [4.69, 9.17) is 4.99 Å². The van der Waals surface area contributed by atoms with E-state index in [0.717, 1.165) is 48.0 Å². The molecular formula is C14H18N2O3. The van der Waals surface area contributed by atoms with Gasteiger partial charge in [-0.3, -0.25) is 4.99 Å². The van der Waals surface area contributed by atoms with Gasteiger partial charge in [-0.2, -0.15) is 0 Å². The van der Waals surface area contributed by atoms with Crippen molar-refractivity contribution in [2.45, 2.75) is 50.6 Å². The van der Waals surface area contributed by atoms with E-state index in [-0.39, 0.29) is 23.9 Å². The Morgan fingerprint density at radius 1 is 1.11 bits per heavy atom. The Labute approximate surface area is 112 Å². The summed E-state index contributed by atoms with van der Waals surface area (Å²) in [6.07, 6.45) is 6.17. The van der Waals surface area contributed by atoms with Gasteiger partial charge in [-0.1, -0.05) is 0 Å². The quantitative estimate of drug-likeness (QED) is 0.425. The van der Waals surface area contributed by atoms with Crippen molar-refractivity contribution in [1.82, 2.24) is 0 Å². The summed E-state index contributed by atoms with van der Waals surface area (Å²) in [5, 5.41) is 12.4. The van der Waals surface area contributed by atoms with E-state index in [2.05, 4.69) is 0 Å². The molecule has 0 N–H and O–H groups in total. The third-order valence-corrected chi connectivity index (χ3v) is 4.64. The lowest BCUT2D eigenvalue weighted by molar-refractivity contribution is -0.489. The molecule has 3 rings (SSSR count). The fourth-order valence-electron chi connectivity index (χ4n) is 3.49. The maximum atomic E-state index is 12.4. The molecule has 2 fully saturated rings. The van der Waals surface area contributed by atoms with Gasteiger partial charge in [0, 0.05) is 24.7 Å². The molecule has 1 heterocycles. The second-order valence-corrected chi connectivity index (χ2v) is 5.81. The highest BCUT2D eigenvalue weighted by Crippen LogP contribution is 2.31. The molecule has 102 valence electrons. The van der Waals surface area contributed by atoms with E-state index < -0.39 is 0 Å². The summed E-state index contributed by atoms with van der Waals surface area (Å²) in [4.78, 5) is 26.5. The highest BCUT2D eigenvalue weighted by molar-refractivity contribution is 5.98. The van der Waals surface area contributed by atoms with Gasteiger partial charge in [0.15, 0.2) is 5.71 Å². The highest BCUT2D eigenvalue weighted by atomic mass is 16.5. The zero-order valence-corrected chi connectivity index (χ0v) is 10.8. The Kier molecular flexibility index (Phi) is 3.21. The number of nitrogens with zero attached hydrogens (tertiary/aromatic N) is 2. The maximum absolute atomic E-state index is 12.4. The van der Waals surface area contributed by atoms with Crippen LogP contribution in [-0.4, -0.2) is 40.8 Å². The van der Waals surface area contributed by atoms with Crippen molar-refractivity contribution in [3.63, 3.8) is 0 Å². The molecule has 0 saturated heterocycles. The average molecular weight is 262 g/mol. The summed E-state index contributed by atoms with van der Waals surface area (Å²) < 4.78 is 1.10. The zero-order valence-electron chi connectivity index (χ0n) is 10.8. The molecule has 0 aromatic carbocycles. The van der Waals surface area contributed by atoms with Crippen molar-refractivity contribution in [2.75, 3.05) is 0 Å². The van der Waals surface area contributed by atoms with Gasteiger partial charge in [0.05, 0.1) is 5.71 Å². The smallest absolute Gasteiger partial charge is 0.201 e. The Hall–Kier alpha value is -1.52. The molecule has 19 heavy (non-hydrogen) atoms. The lowest BCUT2D eigenvalue weighted by atomic mass is 9.80. The van der Waals surface area contributed by atoms with Crippen LogP contribution in [0.4, 0.5) is 0 Å². The second-order valence-electron chi connectivity index (χ2n) is 5.81. The molecule has 4 atom stereocenters. The van der Waals surface area contributed by atoms with Crippen LogP contribution in [0.25, 0.3) is 0 Å². The number of carbonyl (C=O) groups is 2. The van der Waals surface area contributed by atoms with Crippen LogP contribution in [0.5, 0.6) is 0 Å².